The standard InChI is InChI=1S/C20H26N2O3.ClH/c1-13-11-18(24-3)19(25-4)12-16(13)14(2)22-20(23)10-9-15-7-5-6-8-17(15)21;/h5-8,11-12,14H,9-10,21H2,1-4H3,(H,22,23);1H. The second kappa shape index (κ2) is 9.92. The third-order valence-electron chi connectivity index (χ3n) is 4.29. The summed E-state index contributed by atoms with van der Waals surface area (Å²) in [6.07, 6.45) is 1.01. The van der Waals surface area contributed by atoms with Gasteiger partial charge in [-0.2, -0.15) is 0 Å². The largest absolute Gasteiger partial charge is 0.493 e. The summed E-state index contributed by atoms with van der Waals surface area (Å²) in [6, 6.07) is 11.3. The molecular formula is C20H27ClN2O3. The van der Waals surface area contributed by atoms with Gasteiger partial charge in [0.25, 0.3) is 0 Å². The Morgan fingerprint density at radius 2 is 1.77 bits per heavy atom. The molecule has 3 N–H and O–H groups in total. The van der Waals surface area contributed by atoms with E-state index >= 15 is 0 Å². The lowest BCUT2D eigenvalue weighted by atomic mass is 10.0. The number of benzene rings is 2. The number of nitrogen functional groups attached to an aromatic ring is 1. The molecule has 2 aromatic rings. The molecule has 0 aliphatic carbocycles. The number of nitrogens with one attached hydrogen (secondary N) is 1. The second-order valence-electron chi connectivity index (χ2n) is 6.05. The van der Waals surface area contributed by atoms with E-state index in [1.165, 1.54) is 0 Å². The minimum Gasteiger partial charge on any atom is -0.493 e. The first-order valence-electron chi connectivity index (χ1n) is 8.31. The fourth-order valence-corrected chi connectivity index (χ4v) is 2.86. The van der Waals surface area contributed by atoms with Gasteiger partial charge in [-0.1, -0.05) is 18.2 Å². The summed E-state index contributed by atoms with van der Waals surface area (Å²) in [7, 11) is 3.21. The number of hydrogen-bond acceptors (Lipinski definition) is 4. The number of amides is 1. The third kappa shape index (κ3) is 5.30. The van der Waals surface area contributed by atoms with E-state index in [0.717, 1.165) is 22.4 Å². The molecule has 0 saturated heterocycles. The van der Waals surface area contributed by atoms with Crippen LogP contribution in [0, 0.1) is 6.92 Å². The molecule has 6 heteroatoms. The number of carbonyl (C=O) groups is 1. The average Bonchev–Trinajstić information content (AvgIpc) is 2.60. The van der Waals surface area contributed by atoms with Crippen LogP contribution in [0.3, 0.4) is 0 Å². The van der Waals surface area contributed by atoms with E-state index in [1.54, 1.807) is 14.2 Å². The van der Waals surface area contributed by atoms with Crippen molar-refractivity contribution in [1.82, 2.24) is 5.32 Å². The first-order valence-corrected chi connectivity index (χ1v) is 8.31. The van der Waals surface area contributed by atoms with Gasteiger partial charge >= 0.3 is 0 Å². The first kappa shape index (κ1) is 21.6. The fraction of sp³-hybridized carbons (Fsp3) is 0.350. The number of halogens is 1. The summed E-state index contributed by atoms with van der Waals surface area (Å²) >= 11 is 0. The van der Waals surface area contributed by atoms with E-state index in [9.17, 15) is 4.79 Å². The summed E-state index contributed by atoms with van der Waals surface area (Å²) < 4.78 is 10.7. The summed E-state index contributed by atoms with van der Waals surface area (Å²) in [4.78, 5) is 12.3. The number of aryl methyl sites for hydroxylation is 2. The Morgan fingerprint density at radius 1 is 1.15 bits per heavy atom. The Balaban J connectivity index is 0.00000338. The number of rotatable bonds is 7. The Labute approximate surface area is 161 Å². The van der Waals surface area contributed by atoms with Crippen LogP contribution in [0.1, 0.15) is 36.1 Å². The first-order chi connectivity index (χ1) is 12.0. The molecule has 0 aromatic heterocycles. The van der Waals surface area contributed by atoms with Crippen molar-refractivity contribution in [2.24, 2.45) is 0 Å². The van der Waals surface area contributed by atoms with Crippen LogP contribution in [0.4, 0.5) is 5.69 Å². The zero-order valence-electron chi connectivity index (χ0n) is 15.7. The molecule has 0 radical (unpaired) electrons. The fourth-order valence-electron chi connectivity index (χ4n) is 2.86. The minimum absolute atomic E-state index is 0. The number of carbonyl (C=O) groups excluding carboxylic acids is 1. The third-order valence-corrected chi connectivity index (χ3v) is 4.29. The molecule has 0 fully saturated rings. The molecule has 2 aromatic carbocycles. The molecule has 5 nitrogen and oxygen atoms in total. The van der Waals surface area contributed by atoms with Crippen LogP contribution in [-0.4, -0.2) is 20.1 Å². The lowest BCUT2D eigenvalue weighted by Gasteiger charge is -2.19. The lowest BCUT2D eigenvalue weighted by Crippen LogP contribution is -2.27. The monoisotopic (exact) mass is 378 g/mol. The Morgan fingerprint density at radius 3 is 2.38 bits per heavy atom. The minimum atomic E-state index is -0.125. The van der Waals surface area contributed by atoms with Gasteiger partial charge in [-0.15, -0.1) is 12.4 Å². The van der Waals surface area contributed by atoms with Crippen LogP contribution in [-0.2, 0) is 11.2 Å². The van der Waals surface area contributed by atoms with Crippen LogP contribution < -0.4 is 20.5 Å². The van der Waals surface area contributed by atoms with Gasteiger partial charge in [-0.05, 0) is 55.2 Å². The van der Waals surface area contributed by atoms with Gasteiger partial charge in [-0.25, -0.2) is 0 Å². The highest BCUT2D eigenvalue weighted by atomic mass is 35.5. The zero-order valence-corrected chi connectivity index (χ0v) is 16.5. The van der Waals surface area contributed by atoms with Crippen molar-refractivity contribution < 1.29 is 14.3 Å². The van der Waals surface area contributed by atoms with Crippen molar-refractivity contribution in [3.8, 4) is 11.5 Å². The number of nitrogens with two attached hydrogens (primary N) is 1. The van der Waals surface area contributed by atoms with Crippen molar-refractivity contribution >= 4 is 24.0 Å². The van der Waals surface area contributed by atoms with Crippen molar-refractivity contribution in [1.29, 1.82) is 0 Å². The van der Waals surface area contributed by atoms with Crippen molar-refractivity contribution in [3.05, 3.63) is 53.1 Å². The normalized spacial score (nSPS) is 11.2. The molecule has 0 aliphatic heterocycles. The van der Waals surface area contributed by atoms with Gasteiger partial charge in [0.05, 0.1) is 20.3 Å². The predicted octanol–water partition coefficient (Wildman–Crippen LogP) is 3.83. The molecule has 0 bridgehead atoms. The topological polar surface area (TPSA) is 73.6 Å². The van der Waals surface area contributed by atoms with Gasteiger partial charge in [0.2, 0.25) is 5.91 Å². The molecule has 26 heavy (non-hydrogen) atoms. The Bertz CT molecular complexity index is 750. The quantitative estimate of drug-likeness (QED) is 0.718. The lowest BCUT2D eigenvalue weighted by molar-refractivity contribution is -0.121. The highest BCUT2D eigenvalue weighted by molar-refractivity contribution is 5.85. The zero-order chi connectivity index (χ0) is 18.4. The maximum absolute atomic E-state index is 12.3. The van der Waals surface area contributed by atoms with Gasteiger partial charge in [0, 0.05) is 12.1 Å². The summed E-state index contributed by atoms with van der Waals surface area (Å²) in [5.41, 5.74) is 9.68. The highest BCUT2D eigenvalue weighted by Gasteiger charge is 2.16. The molecule has 0 heterocycles. The van der Waals surface area contributed by atoms with E-state index in [1.807, 2.05) is 50.2 Å². The van der Waals surface area contributed by atoms with Gasteiger partial charge in [0.15, 0.2) is 11.5 Å². The van der Waals surface area contributed by atoms with Crippen LogP contribution in [0.5, 0.6) is 11.5 Å². The van der Waals surface area contributed by atoms with Gasteiger partial charge in [-0.3, -0.25) is 4.79 Å². The number of hydrogen-bond donors (Lipinski definition) is 2. The number of anilines is 1. The Kier molecular flexibility index (Phi) is 8.26. The molecule has 0 spiro atoms. The van der Waals surface area contributed by atoms with Crippen LogP contribution in [0.25, 0.3) is 0 Å². The molecule has 0 aliphatic rings. The second-order valence-corrected chi connectivity index (χ2v) is 6.05. The van der Waals surface area contributed by atoms with E-state index < -0.39 is 0 Å². The van der Waals surface area contributed by atoms with Crippen LogP contribution in [0.15, 0.2) is 36.4 Å². The summed E-state index contributed by atoms with van der Waals surface area (Å²) in [5, 5.41) is 3.04. The molecule has 1 atom stereocenters. The molecule has 2 rings (SSSR count). The van der Waals surface area contributed by atoms with Crippen molar-refractivity contribution in [3.63, 3.8) is 0 Å². The molecule has 1 amide bonds. The van der Waals surface area contributed by atoms with E-state index in [0.29, 0.717) is 24.3 Å². The smallest absolute Gasteiger partial charge is 0.220 e. The van der Waals surface area contributed by atoms with E-state index in [-0.39, 0.29) is 24.4 Å². The van der Waals surface area contributed by atoms with E-state index in [2.05, 4.69) is 5.32 Å². The maximum atomic E-state index is 12.3. The van der Waals surface area contributed by atoms with Crippen LogP contribution >= 0.6 is 12.4 Å². The van der Waals surface area contributed by atoms with E-state index in [4.69, 9.17) is 15.2 Å². The van der Waals surface area contributed by atoms with Gasteiger partial charge < -0.3 is 20.5 Å². The molecular weight excluding hydrogens is 352 g/mol. The number of ether oxygens (including phenoxy) is 2. The maximum Gasteiger partial charge on any atom is 0.220 e. The van der Waals surface area contributed by atoms with Crippen molar-refractivity contribution in [2.45, 2.75) is 32.7 Å². The molecule has 0 saturated carbocycles. The predicted molar refractivity (Wildman–Crippen MR) is 107 cm³/mol. The summed E-state index contributed by atoms with van der Waals surface area (Å²) in [5.74, 6) is 1.33. The highest BCUT2D eigenvalue weighted by Crippen LogP contribution is 2.32. The Hall–Kier alpha value is -2.40. The van der Waals surface area contributed by atoms with Gasteiger partial charge in [0.1, 0.15) is 0 Å². The number of para-hydroxylation sites is 1. The summed E-state index contributed by atoms with van der Waals surface area (Å²) in [6.45, 7) is 3.95. The molecule has 142 valence electrons. The van der Waals surface area contributed by atoms with Crippen LogP contribution in [0.2, 0.25) is 0 Å². The molecule has 1 unspecified atom stereocenters. The SMILES string of the molecule is COc1cc(C)c(C(C)NC(=O)CCc2ccccc2N)cc1OC.Cl. The van der Waals surface area contributed by atoms with Crippen molar-refractivity contribution in [2.75, 3.05) is 20.0 Å². The average molecular weight is 379 g/mol. The number of methoxy groups -OCH3 is 2.